The molecular formula is C35H49N3O5S. The van der Waals surface area contributed by atoms with Crippen LogP contribution in [0.2, 0.25) is 0 Å². The highest BCUT2D eigenvalue weighted by Crippen LogP contribution is 2.40. The highest BCUT2D eigenvalue weighted by atomic mass is 32.2. The lowest BCUT2D eigenvalue weighted by Gasteiger charge is -2.37. The summed E-state index contributed by atoms with van der Waals surface area (Å²) in [5.74, 6) is 0.481. The first-order valence-electron chi connectivity index (χ1n) is 15.8. The van der Waals surface area contributed by atoms with E-state index in [1.165, 1.54) is 16.7 Å². The van der Waals surface area contributed by atoms with Crippen LogP contribution in [-0.4, -0.2) is 62.8 Å². The molecule has 0 bridgehead atoms. The summed E-state index contributed by atoms with van der Waals surface area (Å²) in [4.78, 5) is 42.3. The maximum Gasteiger partial charge on any atom is 0.407 e. The number of nitrogens with one attached hydrogen (secondary N) is 2. The molecule has 2 aromatic rings. The molecule has 1 heterocycles. The lowest BCUT2D eigenvalue weighted by atomic mass is 9.75. The van der Waals surface area contributed by atoms with Gasteiger partial charge in [0.1, 0.15) is 12.1 Å². The van der Waals surface area contributed by atoms with Crippen molar-refractivity contribution in [2.75, 3.05) is 5.88 Å². The molecule has 2 fully saturated rings. The molecule has 9 heteroatoms. The molecule has 0 spiro atoms. The molecule has 0 aromatic heterocycles. The van der Waals surface area contributed by atoms with E-state index in [2.05, 4.69) is 31.4 Å². The summed E-state index contributed by atoms with van der Waals surface area (Å²) in [6.07, 6.45) is 0.702. The monoisotopic (exact) mass is 623 g/mol. The predicted octanol–water partition coefficient (Wildman–Crippen LogP) is 5.45. The van der Waals surface area contributed by atoms with Crippen molar-refractivity contribution in [3.05, 3.63) is 71.3 Å². The Hall–Kier alpha value is -3.04. The number of thioether (sulfide) groups is 1. The van der Waals surface area contributed by atoms with Gasteiger partial charge in [-0.05, 0) is 74.5 Å². The number of nitrogens with zero attached hydrogens (tertiary/aromatic N) is 1. The van der Waals surface area contributed by atoms with Crippen molar-refractivity contribution in [2.45, 2.75) is 103 Å². The second kappa shape index (κ2) is 14.8. The highest BCUT2D eigenvalue weighted by Gasteiger charge is 2.50. The van der Waals surface area contributed by atoms with Crippen molar-refractivity contribution in [3.8, 4) is 0 Å². The number of aryl methyl sites for hydroxylation is 1. The summed E-state index contributed by atoms with van der Waals surface area (Å²) in [5.41, 5.74) is 2.93. The van der Waals surface area contributed by atoms with Crippen LogP contribution in [0.15, 0.2) is 54.6 Å². The summed E-state index contributed by atoms with van der Waals surface area (Å²) in [5, 5.41) is 17.4. The van der Waals surface area contributed by atoms with Crippen molar-refractivity contribution >= 4 is 29.7 Å². The summed E-state index contributed by atoms with van der Waals surface area (Å²) in [7, 11) is 0. The Morgan fingerprint density at radius 2 is 1.75 bits per heavy atom. The summed E-state index contributed by atoms with van der Waals surface area (Å²) in [6, 6.07) is 15.5. The van der Waals surface area contributed by atoms with E-state index in [0.29, 0.717) is 18.4 Å². The van der Waals surface area contributed by atoms with E-state index in [4.69, 9.17) is 4.74 Å². The number of rotatable bonds is 10. The van der Waals surface area contributed by atoms with Gasteiger partial charge in [0.05, 0.1) is 11.9 Å². The van der Waals surface area contributed by atoms with E-state index >= 15 is 0 Å². The lowest BCUT2D eigenvalue weighted by Crippen LogP contribution is -2.58. The molecular weight excluding hydrogens is 574 g/mol. The van der Waals surface area contributed by atoms with Gasteiger partial charge in [0.15, 0.2) is 6.10 Å². The molecule has 1 saturated carbocycles. The van der Waals surface area contributed by atoms with Crippen LogP contribution < -0.4 is 10.6 Å². The van der Waals surface area contributed by atoms with Gasteiger partial charge in [0, 0.05) is 11.3 Å². The van der Waals surface area contributed by atoms with Crippen molar-refractivity contribution in [1.82, 2.24) is 15.5 Å². The molecule has 1 saturated heterocycles. The molecule has 8 nitrogen and oxygen atoms in total. The SMILES string of the molecule is Cc1ccccc1CNC(=O)[C@H]1N(C(=O)[C@@H](O)C(Cc2ccccc2)NC(=O)O[C@@H]2C[C@H](C)CC[C@H]2C(C)C)CSC1(C)C. The number of carbonyl (C=O) groups is 3. The third-order valence-electron chi connectivity index (χ3n) is 9.25. The van der Waals surface area contributed by atoms with E-state index in [-0.39, 0.29) is 30.2 Å². The smallest absolute Gasteiger partial charge is 0.407 e. The number of ether oxygens (including phenoxy) is 1. The topological polar surface area (TPSA) is 108 Å². The third kappa shape index (κ3) is 8.36. The number of benzene rings is 2. The summed E-state index contributed by atoms with van der Waals surface area (Å²) in [6.45, 7) is 12.7. The third-order valence-corrected chi connectivity index (χ3v) is 10.6. The fourth-order valence-electron chi connectivity index (χ4n) is 6.52. The van der Waals surface area contributed by atoms with Gasteiger partial charge in [0.25, 0.3) is 5.91 Å². The molecule has 3 N–H and O–H groups in total. The van der Waals surface area contributed by atoms with Gasteiger partial charge in [-0.15, -0.1) is 11.8 Å². The fourth-order valence-corrected chi connectivity index (χ4v) is 7.67. The molecule has 4 rings (SSSR count). The number of hydrogen-bond donors (Lipinski definition) is 3. The molecule has 1 aliphatic heterocycles. The van der Waals surface area contributed by atoms with E-state index in [1.807, 2.05) is 75.4 Å². The number of aliphatic hydroxyl groups is 1. The Balaban J connectivity index is 1.50. The van der Waals surface area contributed by atoms with Crippen LogP contribution in [0.4, 0.5) is 4.79 Å². The Bertz CT molecular complexity index is 1290. The van der Waals surface area contributed by atoms with Crippen LogP contribution in [0.3, 0.4) is 0 Å². The Labute approximate surface area is 266 Å². The zero-order valence-electron chi connectivity index (χ0n) is 26.9. The van der Waals surface area contributed by atoms with E-state index in [0.717, 1.165) is 36.0 Å². The van der Waals surface area contributed by atoms with Gasteiger partial charge >= 0.3 is 6.09 Å². The van der Waals surface area contributed by atoms with Crippen molar-refractivity contribution < 1.29 is 24.2 Å². The van der Waals surface area contributed by atoms with E-state index < -0.39 is 34.9 Å². The first-order chi connectivity index (χ1) is 20.9. The normalized spacial score (nSPS) is 24.4. The molecule has 2 aromatic carbocycles. The first kappa shape index (κ1) is 33.8. The van der Waals surface area contributed by atoms with Gasteiger partial charge in [-0.2, -0.15) is 0 Å². The highest BCUT2D eigenvalue weighted by molar-refractivity contribution is 8.00. The van der Waals surface area contributed by atoms with E-state index in [9.17, 15) is 19.5 Å². The largest absolute Gasteiger partial charge is 0.446 e. The quantitative estimate of drug-likeness (QED) is 0.325. The first-order valence-corrected chi connectivity index (χ1v) is 16.8. The maximum atomic E-state index is 14.0. The average Bonchev–Trinajstić information content (AvgIpc) is 3.30. The average molecular weight is 624 g/mol. The molecule has 6 atom stereocenters. The zero-order chi connectivity index (χ0) is 32.0. The minimum absolute atomic E-state index is 0.221. The van der Waals surface area contributed by atoms with E-state index in [1.54, 1.807) is 0 Å². The zero-order valence-corrected chi connectivity index (χ0v) is 27.7. The molecule has 1 unspecified atom stereocenters. The van der Waals surface area contributed by atoms with Crippen LogP contribution in [-0.2, 0) is 27.3 Å². The van der Waals surface area contributed by atoms with Crippen LogP contribution >= 0.6 is 11.8 Å². The van der Waals surface area contributed by atoms with Crippen LogP contribution in [0.25, 0.3) is 0 Å². The van der Waals surface area contributed by atoms with Crippen molar-refractivity contribution in [2.24, 2.45) is 17.8 Å². The van der Waals surface area contributed by atoms with Gasteiger partial charge < -0.3 is 25.4 Å². The Kier molecular flexibility index (Phi) is 11.4. The minimum atomic E-state index is -1.57. The lowest BCUT2D eigenvalue weighted by molar-refractivity contribution is -0.147. The predicted molar refractivity (Wildman–Crippen MR) is 175 cm³/mol. The standard InChI is InChI=1S/C35H49N3O5S/c1-22(2)27-17-16-23(3)18-29(27)43-34(42)37-28(19-25-13-8-7-9-14-25)30(39)33(41)38-21-44-35(5,6)31(38)32(40)36-20-26-15-11-10-12-24(26)4/h7-15,22-23,27-31,39H,16-21H2,1-6H3,(H,36,40)(H,37,42)/t23-,27+,28?,29-,30+,31-/m1/s1. The van der Waals surface area contributed by atoms with Crippen LogP contribution in [0.1, 0.15) is 70.6 Å². The number of amides is 3. The van der Waals surface area contributed by atoms with Gasteiger partial charge in [-0.3, -0.25) is 9.59 Å². The van der Waals surface area contributed by atoms with Gasteiger partial charge in [-0.1, -0.05) is 81.8 Å². The second-order valence-corrected chi connectivity index (χ2v) is 15.0. The number of carbonyl (C=O) groups excluding carboxylic acids is 3. The number of aliphatic hydroxyl groups excluding tert-OH is 1. The molecule has 0 radical (unpaired) electrons. The van der Waals surface area contributed by atoms with Crippen LogP contribution in [0, 0.1) is 24.7 Å². The minimum Gasteiger partial charge on any atom is -0.446 e. The summed E-state index contributed by atoms with van der Waals surface area (Å²) < 4.78 is 5.41. The molecule has 3 amide bonds. The number of alkyl carbamates (subject to hydrolysis) is 1. The van der Waals surface area contributed by atoms with Gasteiger partial charge in [-0.25, -0.2) is 4.79 Å². The molecule has 2 aliphatic rings. The molecule has 44 heavy (non-hydrogen) atoms. The fraction of sp³-hybridized carbons (Fsp3) is 0.571. The summed E-state index contributed by atoms with van der Waals surface area (Å²) >= 11 is 1.49. The van der Waals surface area contributed by atoms with Crippen molar-refractivity contribution in [3.63, 3.8) is 0 Å². The maximum absolute atomic E-state index is 14.0. The molecule has 1 aliphatic carbocycles. The second-order valence-electron chi connectivity index (χ2n) is 13.4. The molecule has 240 valence electrons. The Morgan fingerprint density at radius 3 is 2.43 bits per heavy atom. The van der Waals surface area contributed by atoms with Gasteiger partial charge in [0.2, 0.25) is 5.91 Å². The Morgan fingerprint density at radius 1 is 1.07 bits per heavy atom. The van der Waals surface area contributed by atoms with Crippen molar-refractivity contribution in [1.29, 1.82) is 0 Å². The van der Waals surface area contributed by atoms with Crippen LogP contribution in [0.5, 0.6) is 0 Å². The number of hydrogen-bond acceptors (Lipinski definition) is 6.